The van der Waals surface area contributed by atoms with Gasteiger partial charge in [0.1, 0.15) is 0 Å². The highest BCUT2D eigenvalue weighted by Crippen LogP contribution is 2.41. The fraction of sp³-hybridized carbons (Fsp3) is 0.125. The van der Waals surface area contributed by atoms with Crippen molar-refractivity contribution in [2.24, 2.45) is 0 Å². The molecule has 0 saturated heterocycles. The van der Waals surface area contributed by atoms with E-state index in [4.69, 9.17) is 16.6 Å². The molecule has 0 saturated carbocycles. The summed E-state index contributed by atoms with van der Waals surface area (Å²) in [6.07, 6.45) is 6.44. The van der Waals surface area contributed by atoms with Crippen LogP contribution < -0.4 is 5.32 Å². The van der Waals surface area contributed by atoms with E-state index in [2.05, 4.69) is 51.7 Å². The van der Waals surface area contributed by atoms with Crippen molar-refractivity contribution >= 4 is 17.5 Å². The second-order valence-electron chi connectivity index (χ2n) is 7.18. The minimum absolute atomic E-state index is 0.272. The summed E-state index contributed by atoms with van der Waals surface area (Å²) >= 11 is 6.09. The predicted molar refractivity (Wildman–Crippen MR) is 116 cm³/mol. The fourth-order valence-corrected chi connectivity index (χ4v) is 4.02. The van der Waals surface area contributed by atoms with Gasteiger partial charge < -0.3 is 5.32 Å². The van der Waals surface area contributed by atoms with Crippen molar-refractivity contribution in [3.8, 4) is 11.3 Å². The number of nitrogens with zero attached hydrogens (tertiary/aromatic N) is 3. The summed E-state index contributed by atoms with van der Waals surface area (Å²) in [5.41, 5.74) is 6.98. The van der Waals surface area contributed by atoms with Gasteiger partial charge in [-0.05, 0) is 46.9 Å². The zero-order valence-electron chi connectivity index (χ0n) is 15.7. The molecule has 2 aromatic carbocycles. The summed E-state index contributed by atoms with van der Waals surface area (Å²) in [4.78, 5) is 13.6. The SMILES string of the molecule is Clc1ccc(C2Cc3cnc(NCc4cccnc4)nc3-c3ccccc32)cc1. The number of anilines is 1. The normalized spacial score (nSPS) is 14.7. The lowest BCUT2D eigenvalue weighted by atomic mass is 9.78. The fourth-order valence-electron chi connectivity index (χ4n) is 3.90. The Morgan fingerprint density at radius 2 is 1.83 bits per heavy atom. The molecule has 29 heavy (non-hydrogen) atoms. The second kappa shape index (κ2) is 7.64. The molecule has 5 rings (SSSR count). The number of fused-ring (bicyclic) bond motifs is 3. The molecule has 1 atom stereocenters. The van der Waals surface area contributed by atoms with Crippen LogP contribution in [0.4, 0.5) is 5.95 Å². The van der Waals surface area contributed by atoms with Crippen molar-refractivity contribution in [3.63, 3.8) is 0 Å². The molecule has 5 heteroatoms. The molecule has 142 valence electrons. The molecule has 0 aliphatic heterocycles. The van der Waals surface area contributed by atoms with Crippen LogP contribution in [0.3, 0.4) is 0 Å². The summed E-state index contributed by atoms with van der Waals surface area (Å²) in [5.74, 6) is 0.904. The Morgan fingerprint density at radius 1 is 0.966 bits per heavy atom. The van der Waals surface area contributed by atoms with Crippen molar-refractivity contribution in [1.82, 2.24) is 15.0 Å². The third-order valence-electron chi connectivity index (χ3n) is 5.33. The van der Waals surface area contributed by atoms with E-state index in [9.17, 15) is 0 Å². The van der Waals surface area contributed by atoms with Crippen LogP contribution >= 0.6 is 11.6 Å². The van der Waals surface area contributed by atoms with Crippen LogP contribution in [-0.4, -0.2) is 15.0 Å². The highest BCUT2D eigenvalue weighted by molar-refractivity contribution is 6.30. The lowest BCUT2D eigenvalue weighted by Crippen LogP contribution is -2.15. The zero-order valence-corrected chi connectivity index (χ0v) is 16.5. The van der Waals surface area contributed by atoms with E-state index in [0.29, 0.717) is 12.5 Å². The van der Waals surface area contributed by atoms with Crippen molar-refractivity contribution in [3.05, 3.63) is 107 Å². The van der Waals surface area contributed by atoms with Crippen LogP contribution in [0.25, 0.3) is 11.3 Å². The van der Waals surface area contributed by atoms with Gasteiger partial charge in [-0.2, -0.15) is 0 Å². The zero-order chi connectivity index (χ0) is 19.6. The van der Waals surface area contributed by atoms with Gasteiger partial charge in [-0.1, -0.05) is 54.1 Å². The van der Waals surface area contributed by atoms with E-state index < -0.39 is 0 Å². The number of nitrogens with one attached hydrogen (secondary N) is 1. The van der Waals surface area contributed by atoms with Gasteiger partial charge in [0.2, 0.25) is 5.95 Å². The lowest BCUT2D eigenvalue weighted by molar-refractivity contribution is 0.781. The Morgan fingerprint density at radius 3 is 2.66 bits per heavy atom. The first kappa shape index (κ1) is 17.8. The summed E-state index contributed by atoms with van der Waals surface area (Å²) in [6.45, 7) is 0.641. The molecule has 0 amide bonds. The number of rotatable bonds is 4. The van der Waals surface area contributed by atoms with E-state index in [-0.39, 0.29) is 5.92 Å². The van der Waals surface area contributed by atoms with E-state index >= 15 is 0 Å². The van der Waals surface area contributed by atoms with Crippen molar-refractivity contribution in [2.45, 2.75) is 18.9 Å². The van der Waals surface area contributed by atoms with Crippen LogP contribution in [0.15, 0.2) is 79.3 Å². The number of pyridine rings is 1. The molecule has 2 aromatic heterocycles. The topological polar surface area (TPSA) is 50.7 Å². The van der Waals surface area contributed by atoms with Gasteiger partial charge in [0.15, 0.2) is 0 Å². The van der Waals surface area contributed by atoms with Crippen LogP contribution in [-0.2, 0) is 13.0 Å². The lowest BCUT2D eigenvalue weighted by Gasteiger charge is -2.27. The second-order valence-corrected chi connectivity index (χ2v) is 7.61. The molecule has 1 aliphatic rings. The monoisotopic (exact) mass is 398 g/mol. The first-order valence-corrected chi connectivity index (χ1v) is 9.99. The largest absolute Gasteiger partial charge is 0.350 e. The van der Waals surface area contributed by atoms with Gasteiger partial charge in [0.05, 0.1) is 5.69 Å². The molecule has 1 N–H and O–H groups in total. The average Bonchev–Trinajstić information content (AvgIpc) is 2.78. The van der Waals surface area contributed by atoms with Gasteiger partial charge >= 0.3 is 0 Å². The van der Waals surface area contributed by atoms with E-state index in [1.807, 2.05) is 36.7 Å². The predicted octanol–water partition coefficient (Wildman–Crippen LogP) is 5.49. The molecule has 1 unspecified atom stereocenters. The smallest absolute Gasteiger partial charge is 0.223 e. The standard InChI is InChI=1S/C24H19ClN4/c25-19-9-7-17(8-10-19)22-12-18-15-28-24(27-14-16-4-3-11-26-13-16)29-23(18)21-6-2-1-5-20(21)22/h1-11,13,15,22H,12,14H2,(H,27,28,29). The van der Waals surface area contributed by atoms with Gasteiger partial charge in [-0.25, -0.2) is 9.97 Å². The third kappa shape index (κ3) is 3.59. The first-order chi connectivity index (χ1) is 14.3. The highest BCUT2D eigenvalue weighted by atomic mass is 35.5. The number of hydrogen-bond acceptors (Lipinski definition) is 4. The van der Waals surface area contributed by atoms with Gasteiger partial charge in [-0.15, -0.1) is 0 Å². The first-order valence-electron chi connectivity index (χ1n) is 9.61. The molecule has 0 bridgehead atoms. The number of aromatic nitrogens is 3. The molecule has 1 aliphatic carbocycles. The molecular formula is C24H19ClN4. The van der Waals surface area contributed by atoms with Crippen molar-refractivity contribution < 1.29 is 0 Å². The molecule has 4 nitrogen and oxygen atoms in total. The number of hydrogen-bond donors (Lipinski definition) is 1. The third-order valence-corrected chi connectivity index (χ3v) is 5.58. The Kier molecular flexibility index (Phi) is 4.70. The summed E-state index contributed by atoms with van der Waals surface area (Å²) in [5, 5.41) is 4.07. The van der Waals surface area contributed by atoms with E-state index in [1.54, 1.807) is 6.20 Å². The Bertz CT molecular complexity index is 1140. The average molecular weight is 399 g/mol. The minimum Gasteiger partial charge on any atom is -0.350 e. The number of benzene rings is 2. The minimum atomic E-state index is 0.272. The van der Waals surface area contributed by atoms with Crippen LogP contribution in [0.2, 0.25) is 5.02 Å². The van der Waals surface area contributed by atoms with Crippen molar-refractivity contribution in [1.29, 1.82) is 0 Å². The van der Waals surface area contributed by atoms with E-state index in [1.165, 1.54) is 16.7 Å². The van der Waals surface area contributed by atoms with Crippen LogP contribution in [0.1, 0.15) is 28.2 Å². The quantitative estimate of drug-likeness (QED) is 0.493. The Balaban J connectivity index is 1.48. The summed E-state index contributed by atoms with van der Waals surface area (Å²) in [7, 11) is 0. The molecule has 4 aromatic rings. The van der Waals surface area contributed by atoms with Gasteiger partial charge in [0.25, 0.3) is 0 Å². The molecule has 0 fully saturated rings. The Labute approximate surface area is 174 Å². The summed E-state index contributed by atoms with van der Waals surface area (Å²) < 4.78 is 0. The number of halogens is 1. The molecular weight excluding hydrogens is 380 g/mol. The van der Waals surface area contributed by atoms with Gasteiger partial charge in [-0.3, -0.25) is 4.98 Å². The maximum absolute atomic E-state index is 6.09. The maximum atomic E-state index is 6.09. The van der Waals surface area contributed by atoms with Gasteiger partial charge in [0, 0.05) is 41.6 Å². The Hall–Kier alpha value is -3.24. The van der Waals surface area contributed by atoms with Crippen molar-refractivity contribution in [2.75, 3.05) is 5.32 Å². The highest BCUT2D eigenvalue weighted by Gasteiger charge is 2.27. The summed E-state index contributed by atoms with van der Waals surface area (Å²) in [6, 6.07) is 20.6. The molecule has 2 heterocycles. The molecule has 0 spiro atoms. The van der Waals surface area contributed by atoms with Crippen LogP contribution in [0.5, 0.6) is 0 Å². The molecule has 0 radical (unpaired) electrons. The maximum Gasteiger partial charge on any atom is 0.223 e. The van der Waals surface area contributed by atoms with Crippen LogP contribution in [0, 0.1) is 0 Å². The van der Waals surface area contributed by atoms with E-state index in [0.717, 1.165) is 28.3 Å².